The van der Waals surface area contributed by atoms with Crippen molar-refractivity contribution in [3.8, 4) is 11.5 Å². The second-order valence-electron chi connectivity index (χ2n) is 10.3. The van der Waals surface area contributed by atoms with Crippen molar-refractivity contribution in [2.24, 2.45) is 4.99 Å². The molecule has 42 heavy (non-hydrogen) atoms. The van der Waals surface area contributed by atoms with Gasteiger partial charge in [0.15, 0.2) is 5.17 Å². The summed E-state index contributed by atoms with van der Waals surface area (Å²) < 4.78 is 12.0. The van der Waals surface area contributed by atoms with E-state index in [2.05, 4.69) is 5.32 Å². The molecule has 5 rings (SSSR count). The van der Waals surface area contributed by atoms with E-state index in [1.807, 2.05) is 121 Å². The SMILES string of the molecule is CC1=C(C(=O)OCc2ccccc2)C(c2cccc(Oc3ccccc3)c2)N2C(CC(=O)NCCN(C)C)=CSC2=N1. The number of hydrogen-bond donors (Lipinski definition) is 1. The van der Waals surface area contributed by atoms with Gasteiger partial charge in [-0.05, 0) is 61.8 Å². The minimum absolute atomic E-state index is 0.0932. The first-order valence-electron chi connectivity index (χ1n) is 13.8. The second kappa shape index (κ2) is 13.5. The molecule has 1 N–H and O–H groups in total. The summed E-state index contributed by atoms with van der Waals surface area (Å²) >= 11 is 1.45. The molecule has 0 fully saturated rings. The lowest BCUT2D eigenvalue weighted by Gasteiger charge is -2.36. The number of nitrogens with zero attached hydrogens (tertiary/aromatic N) is 3. The van der Waals surface area contributed by atoms with Crippen LogP contribution in [0.1, 0.15) is 30.5 Å². The molecule has 1 atom stereocenters. The Kier molecular flexibility index (Phi) is 9.41. The van der Waals surface area contributed by atoms with Crippen molar-refractivity contribution in [3.05, 3.63) is 118 Å². The number of likely N-dealkylation sites (N-methyl/N-ethyl adjacent to an activating group) is 1. The van der Waals surface area contributed by atoms with E-state index in [1.54, 1.807) is 0 Å². The van der Waals surface area contributed by atoms with Gasteiger partial charge in [-0.25, -0.2) is 9.79 Å². The van der Waals surface area contributed by atoms with Crippen LogP contribution in [0.4, 0.5) is 0 Å². The van der Waals surface area contributed by atoms with Gasteiger partial charge in [0, 0.05) is 18.8 Å². The van der Waals surface area contributed by atoms with Gasteiger partial charge >= 0.3 is 5.97 Å². The van der Waals surface area contributed by atoms with Crippen LogP contribution in [0.15, 0.2) is 112 Å². The second-order valence-corrected chi connectivity index (χ2v) is 11.1. The van der Waals surface area contributed by atoms with Crippen LogP contribution in [0.5, 0.6) is 11.5 Å². The zero-order chi connectivity index (χ0) is 29.5. The number of rotatable bonds is 11. The standard InChI is InChI=1S/C33H34N4O4S/c1-23-30(32(39)40-21-24-11-6-4-7-12-24)31(25-13-10-16-28(19-25)41-27-14-8-5-9-15-27)37-26(22-42-33(37)35-23)20-29(38)34-17-18-36(2)3/h4-16,19,22,31H,17-18,20-21H2,1-3H3,(H,34,38). The molecule has 9 heteroatoms. The largest absolute Gasteiger partial charge is 0.457 e. The van der Waals surface area contributed by atoms with Crippen molar-refractivity contribution in [1.82, 2.24) is 15.1 Å². The normalized spacial score (nSPS) is 16.1. The van der Waals surface area contributed by atoms with Gasteiger partial charge in [0.2, 0.25) is 5.91 Å². The van der Waals surface area contributed by atoms with Gasteiger partial charge in [-0.1, -0.05) is 72.4 Å². The first kappa shape index (κ1) is 29.2. The highest BCUT2D eigenvalue weighted by Gasteiger charge is 2.41. The van der Waals surface area contributed by atoms with Gasteiger partial charge in [0.1, 0.15) is 18.1 Å². The maximum Gasteiger partial charge on any atom is 0.338 e. The number of nitrogens with one attached hydrogen (secondary N) is 1. The number of para-hydroxylation sites is 1. The molecule has 2 aliphatic rings. The van der Waals surface area contributed by atoms with Gasteiger partial charge in [0.05, 0.1) is 23.7 Å². The lowest BCUT2D eigenvalue weighted by molar-refractivity contribution is -0.141. The minimum Gasteiger partial charge on any atom is -0.457 e. The number of amidine groups is 1. The number of hydrogen-bond acceptors (Lipinski definition) is 8. The molecule has 216 valence electrons. The van der Waals surface area contributed by atoms with E-state index in [9.17, 15) is 9.59 Å². The Bertz CT molecular complexity index is 1520. The molecule has 2 heterocycles. The molecular formula is C33H34N4O4S. The monoisotopic (exact) mass is 582 g/mol. The number of aliphatic imine (C=N–C) groups is 1. The predicted octanol–water partition coefficient (Wildman–Crippen LogP) is 5.87. The predicted molar refractivity (Wildman–Crippen MR) is 166 cm³/mol. The molecule has 8 nitrogen and oxygen atoms in total. The third-order valence-corrected chi connectivity index (χ3v) is 7.70. The lowest BCUT2D eigenvalue weighted by Crippen LogP contribution is -2.38. The van der Waals surface area contributed by atoms with Crippen LogP contribution in [0.25, 0.3) is 0 Å². The summed E-state index contributed by atoms with van der Waals surface area (Å²) in [6.45, 7) is 3.26. The van der Waals surface area contributed by atoms with E-state index in [-0.39, 0.29) is 18.9 Å². The minimum atomic E-state index is -0.559. The van der Waals surface area contributed by atoms with E-state index in [0.717, 1.165) is 23.4 Å². The van der Waals surface area contributed by atoms with Crippen LogP contribution < -0.4 is 10.1 Å². The number of carbonyl (C=O) groups is 2. The van der Waals surface area contributed by atoms with Crippen LogP contribution in [0.2, 0.25) is 0 Å². The summed E-state index contributed by atoms with van der Waals surface area (Å²) in [7, 11) is 3.93. The molecule has 0 saturated carbocycles. The summed E-state index contributed by atoms with van der Waals surface area (Å²) in [5, 5.41) is 5.64. The number of carbonyl (C=O) groups excluding carboxylic acids is 2. The topological polar surface area (TPSA) is 83.5 Å². The summed E-state index contributed by atoms with van der Waals surface area (Å²) in [6.07, 6.45) is 0.154. The van der Waals surface area contributed by atoms with Crippen LogP contribution in [0, 0.1) is 0 Å². The molecule has 0 saturated heterocycles. The molecule has 1 unspecified atom stereocenters. The van der Waals surface area contributed by atoms with Crippen LogP contribution >= 0.6 is 11.8 Å². The smallest absolute Gasteiger partial charge is 0.338 e. The molecule has 0 bridgehead atoms. The number of thioether (sulfide) groups is 1. The Hall–Kier alpha value is -4.34. The zero-order valence-electron chi connectivity index (χ0n) is 23.9. The van der Waals surface area contributed by atoms with Crippen molar-refractivity contribution in [2.75, 3.05) is 27.2 Å². The number of benzene rings is 3. The molecule has 2 aliphatic heterocycles. The average molecular weight is 583 g/mol. The van der Waals surface area contributed by atoms with Gasteiger partial charge in [0.25, 0.3) is 0 Å². The molecule has 1 amide bonds. The third-order valence-electron chi connectivity index (χ3n) is 6.81. The third kappa shape index (κ3) is 7.10. The summed E-state index contributed by atoms with van der Waals surface area (Å²) in [5.41, 5.74) is 3.49. The molecule has 3 aromatic carbocycles. The van der Waals surface area contributed by atoms with Crippen LogP contribution in [0.3, 0.4) is 0 Å². The highest BCUT2D eigenvalue weighted by Crippen LogP contribution is 2.45. The Morgan fingerprint density at radius 3 is 2.43 bits per heavy atom. The van der Waals surface area contributed by atoms with Gasteiger partial charge < -0.3 is 24.6 Å². The van der Waals surface area contributed by atoms with E-state index in [4.69, 9.17) is 14.5 Å². The average Bonchev–Trinajstić information content (AvgIpc) is 3.37. The first-order valence-corrected chi connectivity index (χ1v) is 14.7. The van der Waals surface area contributed by atoms with Gasteiger partial charge in [-0.3, -0.25) is 4.79 Å². The summed E-state index contributed by atoms with van der Waals surface area (Å²) in [4.78, 5) is 35.4. The fourth-order valence-corrected chi connectivity index (χ4v) is 5.73. The quantitative estimate of drug-likeness (QED) is 0.283. The van der Waals surface area contributed by atoms with E-state index < -0.39 is 12.0 Å². The number of ether oxygens (including phenoxy) is 2. The van der Waals surface area contributed by atoms with E-state index in [0.29, 0.717) is 34.5 Å². The van der Waals surface area contributed by atoms with E-state index >= 15 is 0 Å². The van der Waals surface area contributed by atoms with Crippen molar-refractivity contribution >= 4 is 28.8 Å². The number of allylic oxidation sites excluding steroid dienone is 1. The summed E-state index contributed by atoms with van der Waals surface area (Å²) in [5.74, 6) is 0.798. The lowest BCUT2D eigenvalue weighted by atomic mass is 9.93. The van der Waals surface area contributed by atoms with E-state index in [1.165, 1.54) is 11.8 Å². The van der Waals surface area contributed by atoms with Gasteiger partial charge in [-0.15, -0.1) is 0 Å². The molecule has 3 aromatic rings. The molecule has 0 aromatic heterocycles. The number of esters is 1. The summed E-state index contributed by atoms with van der Waals surface area (Å²) in [6, 6.07) is 26.2. The Morgan fingerprint density at radius 2 is 1.69 bits per heavy atom. The molecule has 0 radical (unpaired) electrons. The maximum atomic E-state index is 13.7. The Morgan fingerprint density at radius 1 is 0.976 bits per heavy atom. The Labute approximate surface area is 250 Å². The number of amides is 1. The highest BCUT2D eigenvalue weighted by atomic mass is 32.2. The molecule has 0 aliphatic carbocycles. The van der Waals surface area contributed by atoms with Crippen molar-refractivity contribution in [2.45, 2.75) is 26.0 Å². The highest BCUT2D eigenvalue weighted by molar-refractivity contribution is 8.16. The molecule has 0 spiro atoms. The zero-order valence-corrected chi connectivity index (χ0v) is 24.8. The van der Waals surface area contributed by atoms with Crippen molar-refractivity contribution in [1.29, 1.82) is 0 Å². The van der Waals surface area contributed by atoms with Crippen LogP contribution in [-0.2, 0) is 20.9 Å². The van der Waals surface area contributed by atoms with Gasteiger partial charge in [-0.2, -0.15) is 0 Å². The fraction of sp³-hybridized carbons (Fsp3) is 0.242. The van der Waals surface area contributed by atoms with Crippen molar-refractivity contribution < 1.29 is 19.1 Å². The van der Waals surface area contributed by atoms with Crippen molar-refractivity contribution in [3.63, 3.8) is 0 Å². The Balaban J connectivity index is 1.46. The molecular weight excluding hydrogens is 548 g/mol. The fourth-order valence-electron chi connectivity index (χ4n) is 4.77. The maximum absolute atomic E-state index is 13.7. The first-order chi connectivity index (χ1) is 20.4. The number of fused-ring (bicyclic) bond motifs is 1. The van der Waals surface area contributed by atoms with Crippen LogP contribution in [-0.4, -0.2) is 54.0 Å².